The second-order valence-electron chi connectivity index (χ2n) is 8.88. The van der Waals surface area contributed by atoms with Gasteiger partial charge in [0.25, 0.3) is 17.7 Å². The lowest BCUT2D eigenvalue weighted by molar-refractivity contribution is -0.128. The number of carbonyl (C=O) groups excluding carboxylic acids is 3. The first-order valence-corrected chi connectivity index (χ1v) is 11.0. The van der Waals surface area contributed by atoms with Crippen molar-refractivity contribution in [1.29, 1.82) is 0 Å². The number of benzene rings is 3. The summed E-state index contributed by atoms with van der Waals surface area (Å²) < 4.78 is 5.67. The monoisotopic (exact) mass is 459 g/mol. The van der Waals surface area contributed by atoms with Crippen molar-refractivity contribution < 1.29 is 19.1 Å². The van der Waals surface area contributed by atoms with E-state index in [-0.39, 0.29) is 11.3 Å². The van der Waals surface area contributed by atoms with Crippen molar-refractivity contribution in [3.63, 3.8) is 0 Å². The zero-order valence-electron chi connectivity index (χ0n) is 19.7. The molecule has 0 fully saturated rings. The van der Waals surface area contributed by atoms with E-state index < -0.39 is 17.9 Å². The van der Waals surface area contributed by atoms with E-state index in [9.17, 15) is 14.4 Å². The molecule has 3 amide bonds. The van der Waals surface area contributed by atoms with Gasteiger partial charge in [-0.15, -0.1) is 0 Å². The Bertz CT molecular complexity index is 1140. The fourth-order valence-corrected chi connectivity index (χ4v) is 3.08. The van der Waals surface area contributed by atoms with Crippen LogP contribution in [-0.4, -0.2) is 23.8 Å². The standard InChI is InChI=1S/C27H29N3O4/c1-18(34-23-16-12-21(13-17-23)27(2,3)4)24(31)29-30-26(33)20-10-14-22(15-11-20)28-25(32)19-8-6-5-7-9-19/h5-18H,1-4H3,(H,28,32)(H,29,31)(H,30,33). The van der Waals surface area contributed by atoms with Gasteiger partial charge in [-0.1, -0.05) is 51.1 Å². The molecule has 3 aromatic rings. The van der Waals surface area contributed by atoms with Gasteiger partial charge in [0, 0.05) is 16.8 Å². The third kappa shape index (κ3) is 6.68. The van der Waals surface area contributed by atoms with Crippen molar-refractivity contribution in [3.8, 4) is 5.75 Å². The summed E-state index contributed by atoms with van der Waals surface area (Å²) in [6.07, 6.45) is -0.809. The van der Waals surface area contributed by atoms with Gasteiger partial charge >= 0.3 is 0 Å². The second kappa shape index (κ2) is 10.7. The molecular formula is C27H29N3O4. The molecule has 1 atom stereocenters. The van der Waals surface area contributed by atoms with Crippen LogP contribution in [0.15, 0.2) is 78.9 Å². The van der Waals surface area contributed by atoms with Crippen LogP contribution in [0.1, 0.15) is 54.0 Å². The number of hydrogen-bond acceptors (Lipinski definition) is 4. The van der Waals surface area contributed by atoms with E-state index in [1.807, 2.05) is 30.3 Å². The topological polar surface area (TPSA) is 96.5 Å². The first-order valence-electron chi connectivity index (χ1n) is 11.0. The molecule has 3 aromatic carbocycles. The van der Waals surface area contributed by atoms with Gasteiger partial charge < -0.3 is 10.1 Å². The summed E-state index contributed by atoms with van der Waals surface area (Å²) in [6.45, 7) is 7.96. The summed E-state index contributed by atoms with van der Waals surface area (Å²) in [4.78, 5) is 36.9. The van der Waals surface area contributed by atoms with Crippen LogP contribution in [0.4, 0.5) is 5.69 Å². The molecule has 0 aromatic heterocycles. The molecule has 0 spiro atoms. The maximum Gasteiger partial charge on any atom is 0.279 e. The summed E-state index contributed by atoms with van der Waals surface area (Å²) in [7, 11) is 0. The molecule has 3 rings (SSSR count). The number of hydrogen-bond donors (Lipinski definition) is 3. The Hall–Kier alpha value is -4.13. The zero-order chi connectivity index (χ0) is 24.7. The van der Waals surface area contributed by atoms with Gasteiger partial charge in [0.1, 0.15) is 5.75 Å². The van der Waals surface area contributed by atoms with Gasteiger partial charge in [0.05, 0.1) is 0 Å². The van der Waals surface area contributed by atoms with E-state index in [0.717, 1.165) is 5.56 Å². The van der Waals surface area contributed by atoms with Crippen LogP contribution in [0.3, 0.4) is 0 Å². The number of rotatable bonds is 6. The number of nitrogens with one attached hydrogen (secondary N) is 3. The first-order chi connectivity index (χ1) is 16.1. The van der Waals surface area contributed by atoms with Gasteiger partial charge in [-0.05, 0) is 66.4 Å². The Labute approximate surface area is 199 Å². The number of carbonyl (C=O) groups is 3. The van der Waals surface area contributed by atoms with Gasteiger partial charge in [-0.2, -0.15) is 0 Å². The lowest BCUT2D eigenvalue weighted by atomic mass is 9.87. The van der Waals surface area contributed by atoms with E-state index in [1.54, 1.807) is 55.5 Å². The van der Waals surface area contributed by atoms with Crippen LogP contribution in [-0.2, 0) is 10.2 Å². The largest absolute Gasteiger partial charge is 0.481 e. The predicted molar refractivity (Wildman–Crippen MR) is 132 cm³/mol. The lowest BCUT2D eigenvalue weighted by Crippen LogP contribution is -2.47. The molecule has 3 N–H and O–H groups in total. The van der Waals surface area contributed by atoms with Crippen LogP contribution in [0.25, 0.3) is 0 Å². The van der Waals surface area contributed by atoms with Crippen LogP contribution in [0.2, 0.25) is 0 Å². The predicted octanol–water partition coefficient (Wildman–Crippen LogP) is 4.46. The number of ether oxygens (including phenoxy) is 1. The van der Waals surface area contributed by atoms with Gasteiger partial charge in [0.2, 0.25) is 0 Å². The van der Waals surface area contributed by atoms with Crippen LogP contribution < -0.4 is 20.9 Å². The molecule has 0 heterocycles. The summed E-state index contributed by atoms with van der Waals surface area (Å²) in [5.74, 6) is -0.654. The molecule has 0 radical (unpaired) electrons. The van der Waals surface area contributed by atoms with E-state index in [1.165, 1.54) is 0 Å². The molecule has 0 saturated heterocycles. The molecule has 1 unspecified atom stereocenters. The zero-order valence-corrected chi connectivity index (χ0v) is 19.7. The SMILES string of the molecule is CC(Oc1ccc(C(C)(C)C)cc1)C(=O)NNC(=O)c1ccc(NC(=O)c2ccccc2)cc1. The average molecular weight is 460 g/mol. The Balaban J connectivity index is 1.48. The Morgan fingerprint density at radius 1 is 0.735 bits per heavy atom. The maximum atomic E-state index is 12.4. The average Bonchev–Trinajstić information content (AvgIpc) is 2.83. The molecule has 176 valence electrons. The van der Waals surface area contributed by atoms with Crippen molar-refractivity contribution in [2.45, 2.75) is 39.2 Å². The molecular weight excluding hydrogens is 430 g/mol. The smallest absolute Gasteiger partial charge is 0.279 e. The van der Waals surface area contributed by atoms with Crippen molar-refractivity contribution in [2.75, 3.05) is 5.32 Å². The van der Waals surface area contributed by atoms with Crippen molar-refractivity contribution in [3.05, 3.63) is 95.6 Å². The molecule has 0 aliphatic heterocycles. The normalized spacial score (nSPS) is 11.8. The quantitative estimate of drug-likeness (QED) is 0.474. The molecule has 7 nitrogen and oxygen atoms in total. The van der Waals surface area contributed by atoms with E-state index in [4.69, 9.17) is 4.74 Å². The molecule has 0 saturated carbocycles. The van der Waals surface area contributed by atoms with Crippen molar-refractivity contribution in [2.24, 2.45) is 0 Å². The maximum absolute atomic E-state index is 12.4. The van der Waals surface area contributed by atoms with Gasteiger partial charge in [0.15, 0.2) is 6.10 Å². The highest BCUT2D eigenvalue weighted by molar-refractivity contribution is 6.04. The fourth-order valence-electron chi connectivity index (χ4n) is 3.08. The Kier molecular flexibility index (Phi) is 7.68. The molecule has 0 aliphatic rings. The minimum atomic E-state index is -0.809. The first kappa shape index (κ1) is 24.5. The van der Waals surface area contributed by atoms with Crippen LogP contribution in [0, 0.1) is 0 Å². The van der Waals surface area contributed by atoms with Crippen LogP contribution in [0.5, 0.6) is 5.75 Å². The van der Waals surface area contributed by atoms with Gasteiger partial charge in [-0.25, -0.2) is 0 Å². The molecule has 7 heteroatoms. The third-order valence-electron chi connectivity index (χ3n) is 5.14. The number of anilines is 1. The lowest BCUT2D eigenvalue weighted by Gasteiger charge is -2.20. The highest BCUT2D eigenvalue weighted by Gasteiger charge is 2.17. The minimum Gasteiger partial charge on any atom is -0.481 e. The summed E-state index contributed by atoms with van der Waals surface area (Å²) in [6, 6.07) is 22.7. The summed E-state index contributed by atoms with van der Waals surface area (Å²) in [5.41, 5.74) is 7.34. The second-order valence-corrected chi connectivity index (χ2v) is 8.88. The van der Waals surface area contributed by atoms with Crippen molar-refractivity contribution in [1.82, 2.24) is 10.9 Å². The number of amides is 3. The molecule has 0 bridgehead atoms. The van der Waals surface area contributed by atoms with Crippen LogP contribution >= 0.6 is 0 Å². The Morgan fingerprint density at radius 3 is 1.91 bits per heavy atom. The molecule has 0 aliphatic carbocycles. The highest BCUT2D eigenvalue weighted by atomic mass is 16.5. The summed E-state index contributed by atoms with van der Waals surface area (Å²) in [5, 5.41) is 2.77. The minimum absolute atomic E-state index is 0.0253. The van der Waals surface area contributed by atoms with Gasteiger partial charge in [-0.3, -0.25) is 25.2 Å². The molecule has 34 heavy (non-hydrogen) atoms. The van der Waals surface area contributed by atoms with E-state index in [2.05, 4.69) is 36.9 Å². The fraction of sp³-hybridized carbons (Fsp3) is 0.222. The highest BCUT2D eigenvalue weighted by Crippen LogP contribution is 2.24. The summed E-state index contributed by atoms with van der Waals surface area (Å²) >= 11 is 0. The van der Waals surface area contributed by atoms with E-state index in [0.29, 0.717) is 22.6 Å². The van der Waals surface area contributed by atoms with Crippen molar-refractivity contribution >= 4 is 23.4 Å². The number of hydrazine groups is 1. The van der Waals surface area contributed by atoms with E-state index >= 15 is 0 Å². The third-order valence-corrected chi connectivity index (χ3v) is 5.14. The Morgan fingerprint density at radius 2 is 1.32 bits per heavy atom.